The molecule has 1 aliphatic rings. The highest BCUT2D eigenvalue weighted by Crippen LogP contribution is 2.37. The number of hydrogen-bond acceptors (Lipinski definition) is 4. The number of halogens is 1. The van der Waals surface area contributed by atoms with Gasteiger partial charge in [0.25, 0.3) is 5.91 Å². The van der Waals surface area contributed by atoms with Gasteiger partial charge in [0.05, 0.1) is 18.0 Å². The van der Waals surface area contributed by atoms with Crippen LogP contribution in [0.15, 0.2) is 18.2 Å². The van der Waals surface area contributed by atoms with Crippen molar-refractivity contribution in [3.8, 4) is 0 Å². The zero-order valence-corrected chi connectivity index (χ0v) is 14.3. The van der Waals surface area contributed by atoms with E-state index >= 15 is 0 Å². The second-order valence-electron chi connectivity index (χ2n) is 6.28. The standard InChI is InChI=1S/C17H20ClN3O3/c1-24-16(23)17(7-3-2-4-8-17)10-19-15(22)14-12-9-11(18)5-6-13(12)20-21-14/h5-6,9H,2-4,7-8,10H2,1H3,(H,19,22)(H,20,21). The third-order valence-electron chi connectivity index (χ3n) is 4.76. The molecular weight excluding hydrogens is 330 g/mol. The molecule has 7 heteroatoms. The largest absolute Gasteiger partial charge is 0.469 e. The number of benzene rings is 1. The highest BCUT2D eigenvalue weighted by molar-refractivity contribution is 6.31. The first-order valence-corrected chi connectivity index (χ1v) is 8.44. The van der Waals surface area contributed by atoms with Crippen LogP contribution in [0.25, 0.3) is 10.9 Å². The minimum absolute atomic E-state index is 0.252. The van der Waals surface area contributed by atoms with Crippen LogP contribution in [0.1, 0.15) is 42.6 Å². The monoisotopic (exact) mass is 349 g/mol. The maximum atomic E-state index is 12.5. The topological polar surface area (TPSA) is 84.1 Å². The summed E-state index contributed by atoms with van der Waals surface area (Å²) in [6.45, 7) is 0.257. The van der Waals surface area contributed by atoms with E-state index < -0.39 is 5.41 Å². The zero-order chi connectivity index (χ0) is 17.2. The van der Waals surface area contributed by atoms with Crippen molar-refractivity contribution in [2.45, 2.75) is 32.1 Å². The molecule has 1 heterocycles. The molecule has 3 rings (SSSR count). The van der Waals surface area contributed by atoms with Gasteiger partial charge < -0.3 is 10.1 Å². The van der Waals surface area contributed by atoms with E-state index in [1.165, 1.54) is 7.11 Å². The highest BCUT2D eigenvalue weighted by Gasteiger charge is 2.41. The van der Waals surface area contributed by atoms with Crippen molar-refractivity contribution >= 4 is 34.4 Å². The summed E-state index contributed by atoms with van der Waals surface area (Å²) in [7, 11) is 1.39. The maximum Gasteiger partial charge on any atom is 0.313 e. The van der Waals surface area contributed by atoms with Gasteiger partial charge in [-0.05, 0) is 31.0 Å². The fraction of sp³-hybridized carbons (Fsp3) is 0.471. The van der Waals surface area contributed by atoms with E-state index in [0.717, 1.165) is 37.6 Å². The van der Waals surface area contributed by atoms with E-state index in [4.69, 9.17) is 16.3 Å². The first-order valence-electron chi connectivity index (χ1n) is 8.06. The summed E-state index contributed by atoms with van der Waals surface area (Å²) < 4.78 is 4.97. The number of aromatic nitrogens is 2. The van der Waals surface area contributed by atoms with Crippen molar-refractivity contribution in [3.63, 3.8) is 0 Å². The van der Waals surface area contributed by atoms with Crippen LogP contribution in [-0.4, -0.2) is 35.7 Å². The van der Waals surface area contributed by atoms with E-state index in [9.17, 15) is 9.59 Å². The number of nitrogens with one attached hydrogen (secondary N) is 2. The maximum absolute atomic E-state index is 12.5. The van der Waals surface area contributed by atoms with E-state index in [1.807, 2.05) is 0 Å². The second-order valence-corrected chi connectivity index (χ2v) is 6.71. The Bertz CT molecular complexity index is 766. The van der Waals surface area contributed by atoms with Crippen LogP contribution in [0.5, 0.6) is 0 Å². The Hall–Kier alpha value is -2.08. The molecule has 0 atom stereocenters. The molecular formula is C17H20ClN3O3. The minimum atomic E-state index is -0.633. The first kappa shape index (κ1) is 16.8. The fourth-order valence-corrected chi connectivity index (χ4v) is 3.56. The Labute approximate surface area is 144 Å². The van der Waals surface area contributed by atoms with Gasteiger partial charge in [0, 0.05) is 17.0 Å². The Balaban J connectivity index is 1.78. The van der Waals surface area contributed by atoms with Crippen molar-refractivity contribution in [3.05, 3.63) is 28.9 Å². The van der Waals surface area contributed by atoms with Crippen LogP contribution in [0.4, 0.5) is 0 Å². The molecule has 1 fully saturated rings. The number of fused-ring (bicyclic) bond motifs is 1. The van der Waals surface area contributed by atoms with Crippen LogP contribution in [-0.2, 0) is 9.53 Å². The third kappa shape index (κ3) is 3.11. The van der Waals surface area contributed by atoms with Crippen molar-refractivity contribution < 1.29 is 14.3 Å². The average Bonchev–Trinajstić information content (AvgIpc) is 3.02. The lowest BCUT2D eigenvalue weighted by Gasteiger charge is -2.34. The molecule has 1 aromatic carbocycles. The Morgan fingerprint density at radius 1 is 1.33 bits per heavy atom. The molecule has 0 bridgehead atoms. The minimum Gasteiger partial charge on any atom is -0.469 e. The number of hydrogen-bond donors (Lipinski definition) is 2. The van der Waals surface area contributed by atoms with Crippen LogP contribution in [0.2, 0.25) is 5.02 Å². The van der Waals surface area contributed by atoms with Gasteiger partial charge in [-0.2, -0.15) is 5.10 Å². The van der Waals surface area contributed by atoms with Crippen molar-refractivity contribution in [1.82, 2.24) is 15.5 Å². The Morgan fingerprint density at radius 3 is 2.79 bits per heavy atom. The molecule has 1 aromatic heterocycles. The second kappa shape index (κ2) is 6.81. The molecule has 128 valence electrons. The van der Waals surface area contributed by atoms with Crippen LogP contribution in [0.3, 0.4) is 0 Å². The Morgan fingerprint density at radius 2 is 2.08 bits per heavy atom. The summed E-state index contributed by atoms with van der Waals surface area (Å²) in [5.41, 5.74) is 0.389. The molecule has 2 N–H and O–H groups in total. The van der Waals surface area contributed by atoms with E-state index in [-0.39, 0.29) is 24.1 Å². The fourth-order valence-electron chi connectivity index (χ4n) is 3.39. The Kier molecular flexibility index (Phi) is 4.76. The molecule has 0 saturated heterocycles. The third-order valence-corrected chi connectivity index (χ3v) is 4.99. The number of ether oxygens (including phenoxy) is 1. The number of carbonyl (C=O) groups excluding carboxylic acids is 2. The van der Waals surface area contributed by atoms with Gasteiger partial charge in [-0.15, -0.1) is 0 Å². The zero-order valence-electron chi connectivity index (χ0n) is 13.5. The molecule has 0 unspecified atom stereocenters. The summed E-state index contributed by atoms with van der Waals surface area (Å²) in [4.78, 5) is 24.8. The summed E-state index contributed by atoms with van der Waals surface area (Å²) in [6, 6.07) is 5.21. The predicted molar refractivity (Wildman–Crippen MR) is 91.0 cm³/mol. The van der Waals surface area contributed by atoms with Crippen LogP contribution < -0.4 is 5.32 Å². The summed E-state index contributed by atoms with van der Waals surface area (Å²) in [5, 5.41) is 11.0. The number of H-pyrrole nitrogens is 1. The summed E-state index contributed by atoms with van der Waals surface area (Å²) in [5.74, 6) is -0.574. The van der Waals surface area contributed by atoms with Gasteiger partial charge in [-0.3, -0.25) is 14.7 Å². The lowest BCUT2D eigenvalue weighted by atomic mass is 9.74. The number of rotatable bonds is 4. The molecule has 24 heavy (non-hydrogen) atoms. The molecule has 0 aliphatic heterocycles. The lowest BCUT2D eigenvalue weighted by molar-refractivity contribution is -0.154. The van der Waals surface area contributed by atoms with Gasteiger partial charge in [0.2, 0.25) is 0 Å². The van der Waals surface area contributed by atoms with Gasteiger partial charge in [-0.25, -0.2) is 0 Å². The highest BCUT2D eigenvalue weighted by atomic mass is 35.5. The molecule has 2 aromatic rings. The molecule has 1 amide bonds. The van der Waals surface area contributed by atoms with Gasteiger partial charge in [-0.1, -0.05) is 30.9 Å². The predicted octanol–water partition coefficient (Wildman–Crippen LogP) is 3.07. The van der Waals surface area contributed by atoms with Crippen LogP contribution >= 0.6 is 11.6 Å². The molecule has 1 aliphatic carbocycles. The lowest BCUT2D eigenvalue weighted by Crippen LogP contribution is -2.45. The van der Waals surface area contributed by atoms with Crippen LogP contribution in [0, 0.1) is 5.41 Å². The molecule has 1 saturated carbocycles. The molecule has 0 radical (unpaired) electrons. The quantitative estimate of drug-likeness (QED) is 0.831. The smallest absolute Gasteiger partial charge is 0.313 e. The normalized spacial score (nSPS) is 16.8. The number of esters is 1. The van der Waals surface area contributed by atoms with Crippen molar-refractivity contribution in [2.24, 2.45) is 5.41 Å². The van der Waals surface area contributed by atoms with Gasteiger partial charge in [0.15, 0.2) is 5.69 Å². The summed E-state index contributed by atoms with van der Waals surface area (Å²) >= 11 is 6.00. The van der Waals surface area contributed by atoms with E-state index in [2.05, 4.69) is 15.5 Å². The number of nitrogens with zero attached hydrogens (tertiary/aromatic N) is 1. The average molecular weight is 350 g/mol. The SMILES string of the molecule is COC(=O)C1(CNC(=O)c2n[nH]c3ccc(Cl)cc23)CCCCC1. The number of methoxy groups -OCH3 is 1. The molecule has 0 spiro atoms. The van der Waals surface area contributed by atoms with Crippen molar-refractivity contribution in [2.75, 3.05) is 13.7 Å². The van der Waals surface area contributed by atoms with E-state index in [1.54, 1.807) is 18.2 Å². The number of aromatic amines is 1. The van der Waals surface area contributed by atoms with E-state index in [0.29, 0.717) is 10.4 Å². The van der Waals surface area contributed by atoms with Gasteiger partial charge in [0.1, 0.15) is 0 Å². The van der Waals surface area contributed by atoms with Gasteiger partial charge >= 0.3 is 5.97 Å². The molecule has 6 nitrogen and oxygen atoms in total. The summed E-state index contributed by atoms with van der Waals surface area (Å²) in [6.07, 6.45) is 4.49. The number of amides is 1. The van der Waals surface area contributed by atoms with Crippen molar-refractivity contribution in [1.29, 1.82) is 0 Å². The number of carbonyl (C=O) groups is 2. The first-order chi connectivity index (χ1) is 11.6.